The van der Waals surface area contributed by atoms with E-state index in [0.29, 0.717) is 13.1 Å². The number of amides is 1. The molecule has 100 valence electrons. The number of carbonyl (C=O) groups excluding carboxylic acids is 1. The van der Waals surface area contributed by atoms with Gasteiger partial charge in [-0.15, -0.1) is 0 Å². The van der Waals surface area contributed by atoms with Gasteiger partial charge in [0.2, 0.25) is 5.91 Å². The lowest BCUT2D eigenvalue weighted by Crippen LogP contribution is -2.40. The van der Waals surface area contributed by atoms with Crippen LogP contribution in [0.2, 0.25) is 0 Å². The highest BCUT2D eigenvalue weighted by molar-refractivity contribution is 5.77. The van der Waals surface area contributed by atoms with Gasteiger partial charge in [-0.3, -0.25) is 9.69 Å². The molecule has 2 N–H and O–H groups in total. The summed E-state index contributed by atoms with van der Waals surface area (Å²) in [4.78, 5) is 15.7. The Morgan fingerprint density at radius 1 is 1.28 bits per heavy atom. The van der Waals surface area contributed by atoms with E-state index in [1.165, 1.54) is 5.56 Å². The van der Waals surface area contributed by atoms with Crippen LogP contribution in [0.25, 0.3) is 0 Å². The normalized spacial score (nSPS) is 10.7. The Kier molecular flexibility index (Phi) is 6.39. The quantitative estimate of drug-likeness (QED) is 0.782. The maximum atomic E-state index is 11.9. The molecule has 0 aliphatic carbocycles. The summed E-state index contributed by atoms with van der Waals surface area (Å²) in [5, 5.41) is 0. The molecule has 0 radical (unpaired) electrons. The van der Waals surface area contributed by atoms with Crippen LogP contribution in [-0.2, 0) is 11.3 Å². The van der Waals surface area contributed by atoms with Crippen molar-refractivity contribution in [2.45, 2.75) is 13.5 Å². The Balaban J connectivity index is 2.57. The molecule has 0 heterocycles. The summed E-state index contributed by atoms with van der Waals surface area (Å²) in [7, 11) is 1.82. The van der Waals surface area contributed by atoms with Crippen LogP contribution >= 0.6 is 0 Å². The zero-order valence-electron chi connectivity index (χ0n) is 11.3. The molecule has 0 spiro atoms. The first-order valence-corrected chi connectivity index (χ1v) is 6.37. The summed E-state index contributed by atoms with van der Waals surface area (Å²) < 4.78 is 0. The summed E-state index contributed by atoms with van der Waals surface area (Å²) >= 11 is 0. The van der Waals surface area contributed by atoms with Gasteiger partial charge in [0.05, 0.1) is 6.54 Å². The third kappa shape index (κ3) is 4.85. The van der Waals surface area contributed by atoms with Crippen molar-refractivity contribution in [1.29, 1.82) is 0 Å². The number of hydrogen-bond acceptors (Lipinski definition) is 3. The SMILES string of the molecule is CCN(C)C(=O)CN(CCN)Cc1ccccc1. The lowest BCUT2D eigenvalue weighted by molar-refractivity contribution is -0.131. The molecule has 1 rings (SSSR count). The molecule has 0 saturated carbocycles. The van der Waals surface area contributed by atoms with Gasteiger partial charge in [-0.05, 0) is 12.5 Å². The summed E-state index contributed by atoms with van der Waals surface area (Å²) in [6.45, 7) is 5.20. The fourth-order valence-electron chi connectivity index (χ4n) is 1.73. The molecule has 0 aliphatic heterocycles. The monoisotopic (exact) mass is 249 g/mol. The topological polar surface area (TPSA) is 49.6 Å². The van der Waals surface area contributed by atoms with E-state index in [1.807, 2.05) is 32.2 Å². The second kappa shape index (κ2) is 7.84. The number of nitrogens with zero attached hydrogens (tertiary/aromatic N) is 2. The van der Waals surface area contributed by atoms with E-state index in [1.54, 1.807) is 4.90 Å². The highest BCUT2D eigenvalue weighted by Gasteiger charge is 2.13. The van der Waals surface area contributed by atoms with Crippen LogP contribution in [0.15, 0.2) is 30.3 Å². The molecule has 0 unspecified atom stereocenters. The second-order valence-corrected chi connectivity index (χ2v) is 4.39. The molecule has 0 fully saturated rings. The third-order valence-corrected chi connectivity index (χ3v) is 2.95. The Morgan fingerprint density at radius 3 is 2.50 bits per heavy atom. The average Bonchev–Trinajstić information content (AvgIpc) is 2.39. The Hall–Kier alpha value is -1.39. The van der Waals surface area contributed by atoms with E-state index in [9.17, 15) is 4.79 Å². The smallest absolute Gasteiger partial charge is 0.236 e. The van der Waals surface area contributed by atoms with Gasteiger partial charge < -0.3 is 10.6 Å². The van der Waals surface area contributed by atoms with Crippen molar-refractivity contribution >= 4 is 5.91 Å². The predicted octanol–water partition coefficient (Wildman–Crippen LogP) is 0.926. The minimum absolute atomic E-state index is 0.141. The number of likely N-dealkylation sites (N-methyl/N-ethyl adjacent to an activating group) is 1. The van der Waals surface area contributed by atoms with Crippen molar-refractivity contribution in [3.8, 4) is 0 Å². The van der Waals surface area contributed by atoms with Crippen LogP contribution in [-0.4, -0.2) is 48.9 Å². The van der Waals surface area contributed by atoms with Gasteiger partial charge in [0, 0.05) is 33.2 Å². The van der Waals surface area contributed by atoms with Crippen molar-refractivity contribution in [3.63, 3.8) is 0 Å². The first kappa shape index (κ1) is 14.7. The molecule has 0 saturated heterocycles. The van der Waals surface area contributed by atoms with Crippen molar-refractivity contribution < 1.29 is 4.79 Å². The third-order valence-electron chi connectivity index (χ3n) is 2.95. The zero-order chi connectivity index (χ0) is 13.4. The second-order valence-electron chi connectivity index (χ2n) is 4.39. The highest BCUT2D eigenvalue weighted by Crippen LogP contribution is 2.04. The fourth-order valence-corrected chi connectivity index (χ4v) is 1.73. The van der Waals surface area contributed by atoms with Gasteiger partial charge in [0.15, 0.2) is 0 Å². The van der Waals surface area contributed by atoms with Crippen LogP contribution in [0.3, 0.4) is 0 Å². The Labute approximate surface area is 109 Å². The van der Waals surface area contributed by atoms with Gasteiger partial charge in [-0.25, -0.2) is 0 Å². The molecule has 4 heteroatoms. The lowest BCUT2D eigenvalue weighted by atomic mass is 10.2. The summed E-state index contributed by atoms with van der Waals surface area (Å²) in [5.41, 5.74) is 6.81. The van der Waals surface area contributed by atoms with E-state index in [0.717, 1.165) is 19.6 Å². The largest absolute Gasteiger partial charge is 0.345 e. The minimum atomic E-state index is 0.141. The van der Waals surface area contributed by atoms with Gasteiger partial charge in [-0.2, -0.15) is 0 Å². The molecule has 1 amide bonds. The molecule has 1 aromatic carbocycles. The molecule has 0 aliphatic rings. The van der Waals surface area contributed by atoms with E-state index < -0.39 is 0 Å². The molecular weight excluding hydrogens is 226 g/mol. The Morgan fingerprint density at radius 2 is 1.94 bits per heavy atom. The van der Waals surface area contributed by atoms with Crippen molar-refractivity contribution in [2.24, 2.45) is 5.73 Å². The first-order valence-electron chi connectivity index (χ1n) is 6.37. The minimum Gasteiger partial charge on any atom is -0.345 e. The van der Waals surface area contributed by atoms with E-state index >= 15 is 0 Å². The van der Waals surface area contributed by atoms with Crippen LogP contribution in [0, 0.1) is 0 Å². The fraction of sp³-hybridized carbons (Fsp3) is 0.500. The van der Waals surface area contributed by atoms with Crippen LogP contribution in [0.4, 0.5) is 0 Å². The molecule has 18 heavy (non-hydrogen) atoms. The van der Waals surface area contributed by atoms with Gasteiger partial charge in [-0.1, -0.05) is 30.3 Å². The molecule has 0 bridgehead atoms. The standard InChI is InChI=1S/C14H23N3O/c1-3-16(2)14(18)12-17(10-9-15)11-13-7-5-4-6-8-13/h4-8H,3,9-12,15H2,1-2H3. The molecule has 4 nitrogen and oxygen atoms in total. The van der Waals surface area contributed by atoms with Crippen LogP contribution in [0.5, 0.6) is 0 Å². The van der Waals surface area contributed by atoms with E-state index in [2.05, 4.69) is 17.0 Å². The van der Waals surface area contributed by atoms with Gasteiger partial charge in [0.1, 0.15) is 0 Å². The number of hydrogen-bond donors (Lipinski definition) is 1. The van der Waals surface area contributed by atoms with Crippen molar-refractivity contribution in [3.05, 3.63) is 35.9 Å². The molecule has 1 aromatic rings. The summed E-state index contributed by atoms with van der Waals surface area (Å²) in [6.07, 6.45) is 0. The van der Waals surface area contributed by atoms with E-state index in [-0.39, 0.29) is 5.91 Å². The van der Waals surface area contributed by atoms with Crippen molar-refractivity contribution in [1.82, 2.24) is 9.80 Å². The van der Waals surface area contributed by atoms with Crippen LogP contribution in [0.1, 0.15) is 12.5 Å². The van der Waals surface area contributed by atoms with Crippen LogP contribution < -0.4 is 5.73 Å². The molecule has 0 atom stereocenters. The van der Waals surface area contributed by atoms with Crippen molar-refractivity contribution in [2.75, 3.05) is 33.2 Å². The number of benzene rings is 1. The Bertz CT molecular complexity index is 353. The van der Waals surface area contributed by atoms with E-state index in [4.69, 9.17) is 5.73 Å². The maximum absolute atomic E-state index is 11.9. The highest BCUT2D eigenvalue weighted by atomic mass is 16.2. The summed E-state index contributed by atoms with van der Waals surface area (Å²) in [6, 6.07) is 10.1. The molecule has 0 aromatic heterocycles. The first-order chi connectivity index (χ1) is 8.67. The number of nitrogens with two attached hydrogens (primary N) is 1. The predicted molar refractivity (Wildman–Crippen MR) is 74.1 cm³/mol. The number of carbonyl (C=O) groups is 1. The average molecular weight is 249 g/mol. The maximum Gasteiger partial charge on any atom is 0.236 e. The van der Waals surface area contributed by atoms with Gasteiger partial charge >= 0.3 is 0 Å². The summed E-state index contributed by atoms with van der Waals surface area (Å²) in [5.74, 6) is 0.141. The number of rotatable bonds is 7. The zero-order valence-corrected chi connectivity index (χ0v) is 11.3. The molecular formula is C14H23N3O. The lowest BCUT2D eigenvalue weighted by Gasteiger charge is -2.24. The van der Waals surface area contributed by atoms with Gasteiger partial charge in [0.25, 0.3) is 0 Å².